The van der Waals surface area contributed by atoms with Crippen LogP contribution >= 0.6 is 23.3 Å². The van der Waals surface area contributed by atoms with Crippen molar-refractivity contribution in [1.29, 1.82) is 0 Å². The van der Waals surface area contributed by atoms with E-state index >= 15 is 0 Å². The van der Waals surface area contributed by atoms with Crippen molar-refractivity contribution in [3.63, 3.8) is 0 Å². The number of anilines is 2. The Bertz CT molecular complexity index is 1080. The van der Waals surface area contributed by atoms with Gasteiger partial charge >= 0.3 is 11.9 Å². The average molecular weight is 479 g/mol. The number of thiophene rings is 1. The second-order valence-electron chi connectivity index (χ2n) is 5.89. The SMILES string of the molecule is CCOC(=O)c1cc(-c2ccccc2)sc1NC(=O)COOC(=O)c1nonc1NSC. The second kappa shape index (κ2) is 11.3. The number of amides is 1. The molecule has 0 saturated carbocycles. The van der Waals surface area contributed by atoms with Crippen molar-refractivity contribution in [1.82, 2.24) is 10.3 Å². The third-order valence-corrected chi connectivity index (χ3v) is 5.24. The normalized spacial score (nSPS) is 10.4. The number of nitrogens with zero attached hydrogens (tertiary/aromatic N) is 2. The average Bonchev–Trinajstić information content (AvgIpc) is 3.42. The van der Waals surface area contributed by atoms with Crippen LogP contribution in [0.15, 0.2) is 41.0 Å². The van der Waals surface area contributed by atoms with Crippen LogP contribution in [0.1, 0.15) is 27.8 Å². The highest BCUT2D eigenvalue weighted by molar-refractivity contribution is 7.99. The number of carbonyl (C=O) groups excluding carboxylic acids is 3. The molecule has 0 bridgehead atoms. The number of carbonyl (C=O) groups is 3. The van der Waals surface area contributed by atoms with Crippen LogP contribution in [-0.2, 0) is 19.3 Å². The standard InChI is InChI=1S/C19H18N4O7S2/c1-3-27-18(25)12-9-13(11-7-5-4-6-8-11)32-17(12)20-14(24)10-28-29-19(26)15-16(23-31-2)22-30-21-15/h4-9H,3,10H2,1-2H3,(H,20,24)(H,22,23). The number of aromatic nitrogens is 2. The zero-order chi connectivity index (χ0) is 22.9. The molecular formula is C19H18N4O7S2. The van der Waals surface area contributed by atoms with Gasteiger partial charge in [0.25, 0.3) is 5.91 Å². The van der Waals surface area contributed by atoms with E-state index in [0.717, 1.165) is 10.4 Å². The number of nitrogens with one attached hydrogen (secondary N) is 2. The molecule has 168 valence electrons. The van der Waals surface area contributed by atoms with Gasteiger partial charge in [0.2, 0.25) is 11.5 Å². The summed E-state index contributed by atoms with van der Waals surface area (Å²) in [7, 11) is 0. The van der Waals surface area contributed by atoms with Crippen molar-refractivity contribution in [2.24, 2.45) is 0 Å². The van der Waals surface area contributed by atoms with Gasteiger partial charge in [-0.25, -0.2) is 14.2 Å². The summed E-state index contributed by atoms with van der Waals surface area (Å²) in [5.74, 6) is -2.15. The molecule has 2 N–H and O–H groups in total. The molecule has 3 aromatic rings. The Balaban J connectivity index is 1.63. The van der Waals surface area contributed by atoms with Crippen molar-refractivity contribution in [2.45, 2.75) is 6.92 Å². The number of hydrogen-bond acceptors (Lipinski definition) is 12. The van der Waals surface area contributed by atoms with E-state index in [2.05, 4.69) is 29.9 Å². The molecular weight excluding hydrogens is 460 g/mol. The monoisotopic (exact) mass is 478 g/mol. The minimum atomic E-state index is -0.995. The van der Waals surface area contributed by atoms with Gasteiger partial charge in [-0.1, -0.05) is 42.3 Å². The third kappa shape index (κ3) is 5.84. The minimum absolute atomic E-state index is 0.0571. The highest BCUT2D eigenvalue weighted by Crippen LogP contribution is 2.35. The smallest absolute Gasteiger partial charge is 0.398 e. The molecule has 0 saturated heterocycles. The number of rotatable bonds is 10. The van der Waals surface area contributed by atoms with E-state index < -0.39 is 24.5 Å². The lowest BCUT2D eigenvalue weighted by Gasteiger charge is -2.06. The van der Waals surface area contributed by atoms with E-state index in [1.807, 2.05) is 30.3 Å². The fraction of sp³-hybridized carbons (Fsp3) is 0.211. The van der Waals surface area contributed by atoms with Gasteiger partial charge < -0.3 is 14.8 Å². The quantitative estimate of drug-likeness (QED) is 0.192. The molecule has 0 aliphatic rings. The molecule has 0 unspecified atom stereocenters. The summed E-state index contributed by atoms with van der Waals surface area (Å²) in [6, 6.07) is 11.0. The highest BCUT2D eigenvalue weighted by Gasteiger charge is 2.23. The minimum Gasteiger partial charge on any atom is -0.462 e. The fourth-order valence-corrected chi connectivity index (χ4v) is 3.81. The van der Waals surface area contributed by atoms with Gasteiger partial charge in [0.15, 0.2) is 6.61 Å². The lowest BCUT2D eigenvalue weighted by Crippen LogP contribution is -2.21. The van der Waals surface area contributed by atoms with Crippen molar-refractivity contribution in [3.05, 3.63) is 47.7 Å². The first-order chi connectivity index (χ1) is 15.5. The summed E-state index contributed by atoms with van der Waals surface area (Å²) in [5, 5.41) is 9.78. The van der Waals surface area contributed by atoms with E-state index in [9.17, 15) is 14.4 Å². The molecule has 0 atom stereocenters. The first kappa shape index (κ1) is 23.2. The van der Waals surface area contributed by atoms with Crippen LogP contribution in [0.3, 0.4) is 0 Å². The molecule has 1 amide bonds. The van der Waals surface area contributed by atoms with Crippen LogP contribution in [0.2, 0.25) is 0 Å². The fourth-order valence-electron chi connectivity index (χ4n) is 2.41. The molecule has 0 spiro atoms. The van der Waals surface area contributed by atoms with Crippen molar-refractivity contribution in [2.75, 3.05) is 29.5 Å². The van der Waals surface area contributed by atoms with Crippen LogP contribution in [-0.4, -0.2) is 47.6 Å². The van der Waals surface area contributed by atoms with Crippen LogP contribution in [0.25, 0.3) is 10.4 Å². The molecule has 2 aromatic heterocycles. The zero-order valence-electron chi connectivity index (χ0n) is 16.9. The number of hydrogen-bond donors (Lipinski definition) is 2. The zero-order valence-corrected chi connectivity index (χ0v) is 18.6. The Hall–Kier alpha value is -3.42. The maximum absolute atomic E-state index is 12.3. The molecule has 0 aliphatic heterocycles. The van der Waals surface area contributed by atoms with E-state index in [0.29, 0.717) is 0 Å². The topological polar surface area (TPSA) is 142 Å². The van der Waals surface area contributed by atoms with Crippen LogP contribution in [0.5, 0.6) is 0 Å². The molecule has 11 nitrogen and oxygen atoms in total. The van der Waals surface area contributed by atoms with Gasteiger partial charge in [0.05, 0.1) is 12.2 Å². The van der Waals surface area contributed by atoms with E-state index in [-0.39, 0.29) is 28.7 Å². The number of esters is 1. The predicted octanol–water partition coefficient (Wildman–Crippen LogP) is 3.39. The van der Waals surface area contributed by atoms with Gasteiger partial charge in [0, 0.05) is 11.1 Å². The van der Waals surface area contributed by atoms with Crippen molar-refractivity contribution >= 4 is 51.9 Å². The van der Waals surface area contributed by atoms with Gasteiger partial charge in [-0.2, -0.15) is 4.89 Å². The molecule has 13 heteroatoms. The Morgan fingerprint density at radius 1 is 1.16 bits per heavy atom. The van der Waals surface area contributed by atoms with Gasteiger partial charge in [0.1, 0.15) is 5.00 Å². The van der Waals surface area contributed by atoms with Crippen LogP contribution < -0.4 is 10.0 Å². The predicted molar refractivity (Wildman–Crippen MR) is 117 cm³/mol. The summed E-state index contributed by atoms with van der Waals surface area (Å²) in [5.41, 5.74) is 0.849. The maximum Gasteiger partial charge on any atom is 0.398 e. The first-order valence-electron chi connectivity index (χ1n) is 9.15. The van der Waals surface area contributed by atoms with Crippen LogP contribution in [0, 0.1) is 0 Å². The Labute approximate surface area is 190 Å². The lowest BCUT2D eigenvalue weighted by molar-refractivity contribution is -0.236. The van der Waals surface area contributed by atoms with Crippen molar-refractivity contribution in [3.8, 4) is 10.4 Å². The largest absolute Gasteiger partial charge is 0.462 e. The first-order valence-corrected chi connectivity index (χ1v) is 11.2. The summed E-state index contributed by atoms with van der Waals surface area (Å²) in [6.07, 6.45) is 1.71. The summed E-state index contributed by atoms with van der Waals surface area (Å²) in [4.78, 5) is 46.6. The molecule has 3 rings (SSSR count). The maximum atomic E-state index is 12.3. The summed E-state index contributed by atoms with van der Waals surface area (Å²) < 4.78 is 12.2. The molecule has 0 fully saturated rings. The Morgan fingerprint density at radius 3 is 2.66 bits per heavy atom. The van der Waals surface area contributed by atoms with E-state index in [1.165, 1.54) is 23.3 Å². The van der Waals surface area contributed by atoms with Crippen molar-refractivity contribution < 1.29 is 33.5 Å². The summed E-state index contributed by atoms with van der Waals surface area (Å²) in [6.45, 7) is 1.25. The molecule has 0 aliphatic carbocycles. The van der Waals surface area contributed by atoms with E-state index in [1.54, 1.807) is 19.2 Å². The highest BCUT2D eigenvalue weighted by atomic mass is 32.2. The molecule has 2 heterocycles. The Kier molecular flexibility index (Phi) is 8.19. The lowest BCUT2D eigenvalue weighted by atomic mass is 10.1. The molecule has 0 radical (unpaired) electrons. The number of benzene rings is 1. The molecule has 32 heavy (non-hydrogen) atoms. The van der Waals surface area contributed by atoms with Gasteiger partial charge in [-0.3, -0.25) is 9.68 Å². The second-order valence-corrected chi connectivity index (χ2v) is 7.55. The third-order valence-electron chi connectivity index (χ3n) is 3.74. The van der Waals surface area contributed by atoms with Gasteiger partial charge in [-0.15, -0.1) is 11.3 Å². The van der Waals surface area contributed by atoms with Gasteiger partial charge in [-0.05, 0) is 28.9 Å². The summed E-state index contributed by atoms with van der Waals surface area (Å²) >= 11 is 2.37. The molecule has 1 aromatic carbocycles. The van der Waals surface area contributed by atoms with Crippen LogP contribution in [0.4, 0.5) is 10.8 Å². The van der Waals surface area contributed by atoms with E-state index in [4.69, 9.17) is 9.62 Å². The number of ether oxygens (including phenoxy) is 1. The Morgan fingerprint density at radius 2 is 1.94 bits per heavy atom.